The first-order valence-electron chi connectivity index (χ1n) is 6.74. The van der Waals surface area contributed by atoms with Crippen molar-refractivity contribution in [2.45, 2.75) is 32.6 Å². The van der Waals surface area contributed by atoms with Crippen molar-refractivity contribution in [3.63, 3.8) is 0 Å². The summed E-state index contributed by atoms with van der Waals surface area (Å²) < 4.78 is 0. The van der Waals surface area contributed by atoms with Crippen molar-refractivity contribution < 1.29 is 0 Å². The van der Waals surface area contributed by atoms with E-state index >= 15 is 0 Å². The molecule has 0 aliphatic heterocycles. The minimum atomic E-state index is 0.808. The van der Waals surface area contributed by atoms with Crippen LogP contribution in [0.5, 0.6) is 0 Å². The molecule has 1 N–H and O–H groups in total. The minimum Gasteiger partial charge on any atom is -0.316 e. The van der Waals surface area contributed by atoms with E-state index in [1.807, 2.05) is 12.1 Å². The molecule has 0 spiro atoms. The van der Waals surface area contributed by atoms with E-state index in [2.05, 4.69) is 24.4 Å². The van der Waals surface area contributed by atoms with Crippen LogP contribution >= 0.6 is 11.6 Å². The second kappa shape index (κ2) is 6.42. The van der Waals surface area contributed by atoms with Crippen LogP contribution in [0.2, 0.25) is 5.02 Å². The maximum Gasteiger partial charge on any atom is 0.0406 e. The van der Waals surface area contributed by atoms with Gasteiger partial charge in [-0.25, -0.2) is 0 Å². The van der Waals surface area contributed by atoms with Crippen LogP contribution in [0.25, 0.3) is 0 Å². The van der Waals surface area contributed by atoms with Crippen LogP contribution in [0.3, 0.4) is 0 Å². The van der Waals surface area contributed by atoms with E-state index in [4.69, 9.17) is 11.6 Å². The van der Waals surface area contributed by atoms with Crippen LogP contribution in [-0.4, -0.2) is 13.1 Å². The summed E-state index contributed by atoms with van der Waals surface area (Å²) in [6.07, 6.45) is 5.26. The highest BCUT2D eigenvalue weighted by molar-refractivity contribution is 6.30. The van der Waals surface area contributed by atoms with E-state index in [0.717, 1.165) is 23.4 Å². The highest BCUT2D eigenvalue weighted by Crippen LogP contribution is 2.38. The molecule has 1 aliphatic carbocycles. The van der Waals surface area contributed by atoms with Gasteiger partial charge in [0.15, 0.2) is 0 Å². The third-order valence-corrected chi connectivity index (χ3v) is 3.79. The molecular formula is C15H22ClN. The maximum atomic E-state index is 5.91. The zero-order valence-corrected chi connectivity index (χ0v) is 11.3. The van der Waals surface area contributed by atoms with Crippen LogP contribution in [0.4, 0.5) is 0 Å². The van der Waals surface area contributed by atoms with Gasteiger partial charge in [0.05, 0.1) is 0 Å². The van der Waals surface area contributed by atoms with Crippen molar-refractivity contribution in [3.05, 3.63) is 34.9 Å². The molecule has 1 aliphatic rings. The van der Waals surface area contributed by atoms with E-state index in [9.17, 15) is 0 Å². The summed E-state index contributed by atoms with van der Waals surface area (Å²) in [6.45, 7) is 4.53. The second-order valence-corrected chi connectivity index (χ2v) is 5.57. The van der Waals surface area contributed by atoms with Crippen LogP contribution in [-0.2, 0) is 6.42 Å². The fraction of sp³-hybridized carbons (Fsp3) is 0.600. The molecule has 0 bridgehead atoms. The van der Waals surface area contributed by atoms with E-state index < -0.39 is 0 Å². The molecule has 1 aromatic carbocycles. The molecule has 1 aromatic rings. The average molecular weight is 252 g/mol. The highest BCUT2D eigenvalue weighted by atomic mass is 35.5. The Hall–Kier alpha value is -0.530. The Kier molecular flexibility index (Phi) is 4.87. The Morgan fingerprint density at radius 1 is 1.29 bits per heavy atom. The molecule has 2 rings (SSSR count). The lowest BCUT2D eigenvalue weighted by atomic mass is 9.94. The molecule has 1 saturated carbocycles. The van der Waals surface area contributed by atoms with Crippen LogP contribution in [0.1, 0.15) is 31.7 Å². The Bertz CT molecular complexity index is 329. The largest absolute Gasteiger partial charge is 0.316 e. The predicted molar refractivity (Wildman–Crippen MR) is 74.5 cm³/mol. The summed E-state index contributed by atoms with van der Waals surface area (Å²) in [4.78, 5) is 0. The number of rotatable bonds is 7. The van der Waals surface area contributed by atoms with Crippen LogP contribution in [0.15, 0.2) is 24.3 Å². The first-order chi connectivity index (χ1) is 8.29. The number of nitrogens with one attached hydrogen (secondary N) is 1. The molecule has 1 atom stereocenters. The molecule has 0 amide bonds. The highest BCUT2D eigenvalue weighted by Gasteiger charge is 2.30. The third kappa shape index (κ3) is 4.33. The summed E-state index contributed by atoms with van der Waals surface area (Å²) in [7, 11) is 0. The lowest BCUT2D eigenvalue weighted by Crippen LogP contribution is -2.26. The SMILES string of the molecule is CCCNCC(Cc1ccc(Cl)cc1)C1CC1. The van der Waals surface area contributed by atoms with Crippen molar-refractivity contribution in [1.82, 2.24) is 5.32 Å². The summed E-state index contributed by atoms with van der Waals surface area (Å²) >= 11 is 5.91. The number of halogens is 1. The van der Waals surface area contributed by atoms with Gasteiger partial charge in [0.25, 0.3) is 0 Å². The van der Waals surface area contributed by atoms with Crippen LogP contribution in [0, 0.1) is 11.8 Å². The van der Waals surface area contributed by atoms with Crippen molar-refractivity contribution in [2.24, 2.45) is 11.8 Å². The topological polar surface area (TPSA) is 12.0 Å². The van der Waals surface area contributed by atoms with E-state index in [0.29, 0.717) is 0 Å². The van der Waals surface area contributed by atoms with Gasteiger partial charge in [0, 0.05) is 5.02 Å². The number of hydrogen-bond acceptors (Lipinski definition) is 1. The van der Waals surface area contributed by atoms with Gasteiger partial charge in [0.1, 0.15) is 0 Å². The molecule has 1 fully saturated rings. The minimum absolute atomic E-state index is 0.808. The van der Waals surface area contributed by atoms with Crippen LogP contribution < -0.4 is 5.32 Å². The molecule has 0 heterocycles. The molecule has 1 unspecified atom stereocenters. The zero-order chi connectivity index (χ0) is 12.1. The number of benzene rings is 1. The van der Waals surface area contributed by atoms with Gasteiger partial charge in [-0.05, 0) is 68.3 Å². The Balaban J connectivity index is 1.86. The fourth-order valence-electron chi connectivity index (χ4n) is 2.36. The quantitative estimate of drug-likeness (QED) is 0.725. The van der Waals surface area contributed by atoms with Gasteiger partial charge >= 0.3 is 0 Å². The van der Waals surface area contributed by atoms with Gasteiger partial charge in [-0.2, -0.15) is 0 Å². The summed E-state index contributed by atoms with van der Waals surface area (Å²) in [5, 5.41) is 4.40. The number of hydrogen-bond donors (Lipinski definition) is 1. The normalized spacial score (nSPS) is 17.1. The summed E-state index contributed by atoms with van der Waals surface area (Å²) in [5.41, 5.74) is 1.42. The van der Waals surface area contributed by atoms with Gasteiger partial charge in [0.2, 0.25) is 0 Å². The fourth-order valence-corrected chi connectivity index (χ4v) is 2.49. The summed E-state index contributed by atoms with van der Waals surface area (Å²) in [6, 6.07) is 8.33. The monoisotopic (exact) mass is 251 g/mol. The summed E-state index contributed by atoms with van der Waals surface area (Å²) in [5.74, 6) is 1.76. The molecule has 0 radical (unpaired) electrons. The van der Waals surface area contributed by atoms with E-state index in [-0.39, 0.29) is 0 Å². The third-order valence-electron chi connectivity index (χ3n) is 3.53. The van der Waals surface area contributed by atoms with E-state index in [1.54, 1.807) is 0 Å². The van der Waals surface area contributed by atoms with Gasteiger partial charge in [-0.1, -0.05) is 30.7 Å². The molecular weight excluding hydrogens is 230 g/mol. The molecule has 0 aromatic heterocycles. The smallest absolute Gasteiger partial charge is 0.0406 e. The molecule has 2 heteroatoms. The van der Waals surface area contributed by atoms with Gasteiger partial charge in [-0.3, -0.25) is 0 Å². The maximum absolute atomic E-state index is 5.91. The Labute approximate surface area is 110 Å². The zero-order valence-electron chi connectivity index (χ0n) is 10.6. The standard InChI is InChI=1S/C15H22ClN/c1-2-9-17-11-14(13-5-6-13)10-12-3-7-15(16)8-4-12/h3-4,7-8,13-14,17H,2,5-6,9-11H2,1H3. The Morgan fingerprint density at radius 3 is 2.59 bits per heavy atom. The molecule has 1 nitrogen and oxygen atoms in total. The lowest BCUT2D eigenvalue weighted by Gasteiger charge is -2.17. The van der Waals surface area contributed by atoms with Gasteiger partial charge < -0.3 is 5.32 Å². The molecule has 17 heavy (non-hydrogen) atoms. The second-order valence-electron chi connectivity index (χ2n) is 5.13. The Morgan fingerprint density at radius 2 is 2.00 bits per heavy atom. The van der Waals surface area contributed by atoms with Crippen molar-refractivity contribution in [3.8, 4) is 0 Å². The predicted octanol–water partition coefficient (Wildman–Crippen LogP) is 3.91. The first-order valence-corrected chi connectivity index (χ1v) is 7.12. The van der Waals surface area contributed by atoms with Crippen molar-refractivity contribution in [2.75, 3.05) is 13.1 Å². The van der Waals surface area contributed by atoms with Crippen molar-refractivity contribution in [1.29, 1.82) is 0 Å². The first kappa shape index (κ1) is 12.9. The van der Waals surface area contributed by atoms with Gasteiger partial charge in [-0.15, -0.1) is 0 Å². The lowest BCUT2D eigenvalue weighted by molar-refractivity contribution is 0.424. The molecule has 94 valence electrons. The van der Waals surface area contributed by atoms with Crippen molar-refractivity contribution >= 4 is 11.6 Å². The molecule has 0 saturated heterocycles. The average Bonchev–Trinajstić information content (AvgIpc) is 3.15. The van der Waals surface area contributed by atoms with E-state index in [1.165, 1.54) is 37.8 Å².